The van der Waals surface area contributed by atoms with Gasteiger partial charge in [0.05, 0.1) is 0 Å². The Labute approximate surface area is 84.4 Å². The van der Waals surface area contributed by atoms with Crippen molar-refractivity contribution in [3.05, 3.63) is 22.2 Å². The number of primary amides is 1. The van der Waals surface area contributed by atoms with E-state index in [1.807, 2.05) is 0 Å². The molecule has 0 unspecified atom stereocenters. The number of carboxylic acid groups (broad SMARTS) is 1. The van der Waals surface area contributed by atoms with Crippen molar-refractivity contribution in [3.8, 4) is 0 Å². The summed E-state index contributed by atoms with van der Waals surface area (Å²) in [6.07, 6.45) is 0. The number of nitrogens with two attached hydrogens (primary N) is 1. The molecule has 1 heterocycles. The van der Waals surface area contributed by atoms with Crippen molar-refractivity contribution < 1.29 is 14.7 Å². The smallest absolute Gasteiger partial charge is 0.355 e. The number of urea groups is 1. The Kier molecular flexibility index (Phi) is 3.03. The standard InChI is InChI=1S/C7H9N3O3S/c1-4-2-14-3-5(6(11)12)10(4)9-7(8)13/h2-3H,1H3,(H,11,12)(H3,8,9,13). The number of thioether (sulfide) groups is 1. The Morgan fingerprint density at radius 3 is 2.71 bits per heavy atom. The van der Waals surface area contributed by atoms with Crippen LogP contribution in [0.2, 0.25) is 0 Å². The Morgan fingerprint density at radius 1 is 1.57 bits per heavy atom. The zero-order chi connectivity index (χ0) is 10.7. The lowest BCUT2D eigenvalue weighted by molar-refractivity contribution is -0.134. The van der Waals surface area contributed by atoms with E-state index < -0.39 is 12.0 Å². The van der Waals surface area contributed by atoms with Crippen LogP contribution in [0.5, 0.6) is 0 Å². The van der Waals surface area contributed by atoms with Gasteiger partial charge in [0.25, 0.3) is 0 Å². The second kappa shape index (κ2) is 4.05. The van der Waals surface area contributed by atoms with Gasteiger partial charge in [0.15, 0.2) is 5.70 Å². The fraction of sp³-hybridized carbons (Fsp3) is 0.143. The molecule has 4 N–H and O–H groups in total. The Balaban J connectivity index is 2.89. The molecule has 1 aliphatic rings. The molecule has 0 atom stereocenters. The van der Waals surface area contributed by atoms with Crippen LogP contribution in [0.3, 0.4) is 0 Å². The summed E-state index contributed by atoms with van der Waals surface area (Å²) in [7, 11) is 0. The van der Waals surface area contributed by atoms with Gasteiger partial charge in [-0.25, -0.2) is 20.0 Å². The number of hydrogen-bond acceptors (Lipinski definition) is 4. The number of nitrogens with one attached hydrogen (secondary N) is 1. The summed E-state index contributed by atoms with van der Waals surface area (Å²) >= 11 is 1.23. The number of hydrazine groups is 1. The fourth-order valence-electron chi connectivity index (χ4n) is 0.897. The third kappa shape index (κ3) is 2.19. The Bertz CT molecular complexity index is 337. The third-order valence-electron chi connectivity index (χ3n) is 1.45. The van der Waals surface area contributed by atoms with Crippen LogP contribution in [0.25, 0.3) is 0 Å². The second-order valence-corrected chi connectivity index (χ2v) is 3.26. The Morgan fingerprint density at radius 2 is 2.21 bits per heavy atom. The molecule has 2 amide bonds. The van der Waals surface area contributed by atoms with Crippen molar-refractivity contribution in [3.63, 3.8) is 0 Å². The summed E-state index contributed by atoms with van der Waals surface area (Å²) in [4.78, 5) is 21.3. The quantitative estimate of drug-likeness (QED) is 0.620. The highest BCUT2D eigenvalue weighted by atomic mass is 32.2. The molecule has 0 aromatic carbocycles. The molecule has 0 spiro atoms. The van der Waals surface area contributed by atoms with Crippen LogP contribution < -0.4 is 11.2 Å². The molecular weight excluding hydrogens is 206 g/mol. The summed E-state index contributed by atoms with van der Waals surface area (Å²) in [5.41, 5.74) is 7.66. The summed E-state index contributed by atoms with van der Waals surface area (Å²) in [5, 5.41) is 13.0. The topological polar surface area (TPSA) is 95.7 Å². The molecule has 0 aromatic heterocycles. The molecule has 0 fully saturated rings. The summed E-state index contributed by atoms with van der Waals surface area (Å²) in [5.74, 6) is -1.13. The first kappa shape index (κ1) is 10.5. The van der Waals surface area contributed by atoms with Gasteiger partial charge in [0.2, 0.25) is 0 Å². The average Bonchev–Trinajstić information content (AvgIpc) is 2.07. The Hall–Kier alpha value is -1.63. The second-order valence-electron chi connectivity index (χ2n) is 2.52. The van der Waals surface area contributed by atoms with Gasteiger partial charge in [-0.15, -0.1) is 11.8 Å². The van der Waals surface area contributed by atoms with Gasteiger partial charge < -0.3 is 10.8 Å². The van der Waals surface area contributed by atoms with Gasteiger partial charge in [0.1, 0.15) is 0 Å². The summed E-state index contributed by atoms with van der Waals surface area (Å²) in [6.45, 7) is 1.67. The highest BCUT2D eigenvalue weighted by molar-refractivity contribution is 8.05. The normalized spacial score (nSPS) is 15.6. The minimum Gasteiger partial charge on any atom is -0.476 e. The molecule has 0 radical (unpaired) electrons. The lowest BCUT2D eigenvalue weighted by atomic mass is 10.4. The minimum atomic E-state index is -1.13. The van der Waals surface area contributed by atoms with E-state index in [1.165, 1.54) is 17.2 Å². The third-order valence-corrected chi connectivity index (χ3v) is 2.29. The number of aliphatic carboxylic acids is 1. The molecule has 1 aliphatic heterocycles. The lowest BCUT2D eigenvalue weighted by Gasteiger charge is -2.26. The largest absolute Gasteiger partial charge is 0.476 e. The summed E-state index contributed by atoms with van der Waals surface area (Å²) < 4.78 is 0. The van der Waals surface area contributed by atoms with Gasteiger partial charge in [-0.3, -0.25) is 0 Å². The minimum absolute atomic E-state index is 0.0335. The van der Waals surface area contributed by atoms with E-state index in [2.05, 4.69) is 5.43 Å². The maximum absolute atomic E-state index is 10.7. The van der Waals surface area contributed by atoms with E-state index in [-0.39, 0.29) is 5.70 Å². The van der Waals surface area contributed by atoms with Gasteiger partial charge in [0, 0.05) is 11.1 Å². The van der Waals surface area contributed by atoms with Crippen LogP contribution in [0.15, 0.2) is 22.2 Å². The lowest BCUT2D eigenvalue weighted by Crippen LogP contribution is -2.45. The van der Waals surface area contributed by atoms with Crippen LogP contribution in [0.4, 0.5) is 4.79 Å². The van der Waals surface area contributed by atoms with Crippen molar-refractivity contribution in [2.24, 2.45) is 5.73 Å². The number of nitrogens with zero attached hydrogens (tertiary/aromatic N) is 1. The molecular formula is C7H9N3O3S. The molecule has 14 heavy (non-hydrogen) atoms. The van der Waals surface area contributed by atoms with Crippen LogP contribution in [-0.4, -0.2) is 22.1 Å². The molecule has 76 valence electrons. The predicted octanol–water partition coefficient (Wildman–Crippen LogP) is 0.406. The summed E-state index contributed by atoms with van der Waals surface area (Å²) in [6, 6.07) is -0.809. The highest BCUT2D eigenvalue weighted by Gasteiger charge is 2.21. The first-order chi connectivity index (χ1) is 6.52. The monoisotopic (exact) mass is 215 g/mol. The zero-order valence-corrected chi connectivity index (χ0v) is 8.17. The predicted molar refractivity (Wildman–Crippen MR) is 51.6 cm³/mol. The fourth-order valence-corrected chi connectivity index (χ4v) is 1.60. The number of carboxylic acids is 1. The van der Waals surface area contributed by atoms with Gasteiger partial charge in [-0.2, -0.15) is 0 Å². The SMILES string of the molecule is CC1=CSC=C(C(=O)O)N1NC(N)=O. The van der Waals surface area contributed by atoms with E-state index in [0.717, 1.165) is 5.01 Å². The van der Waals surface area contributed by atoms with E-state index >= 15 is 0 Å². The number of hydrogen-bond donors (Lipinski definition) is 3. The van der Waals surface area contributed by atoms with E-state index in [0.29, 0.717) is 5.70 Å². The van der Waals surface area contributed by atoms with E-state index in [1.54, 1.807) is 12.3 Å². The van der Waals surface area contributed by atoms with Crippen molar-refractivity contribution in [1.29, 1.82) is 0 Å². The van der Waals surface area contributed by atoms with Crippen molar-refractivity contribution in [2.75, 3.05) is 0 Å². The molecule has 7 heteroatoms. The van der Waals surface area contributed by atoms with Gasteiger partial charge in [-0.1, -0.05) is 0 Å². The van der Waals surface area contributed by atoms with Gasteiger partial charge >= 0.3 is 12.0 Å². The van der Waals surface area contributed by atoms with Crippen LogP contribution in [0, 0.1) is 0 Å². The maximum Gasteiger partial charge on any atom is 0.355 e. The van der Waals surface area contributed by atoms with E-state index in [9.17, 15) is 9.59 Å². The van der Waals surface area contributed by atoms with Crippen LogP contribution in [-0.2, 0) is 4.79 Å². The first-order valence-corrected chi connectivity index (χ1v) is 4.58. The number of amides is 2. The van der Waals surface area contributed by atoms with Crippen LogP contribution >= 0.6 is 11.8 Å². The number of allylic oxidation sites excluding steroid dienone is 1. The van der Waals surface area contributed by atoms with Crippen molar-refractivity contribution in [1.82, 2.24) is 10.4 Å². The molecule has 0 saturated carbocycles. The molecule has 1 rings (SSSR count). The number of carbonyl (C=O) groups is 2. The van der Waals surface area contributed by atoms with Crippen LogP contribution in [0.1, 0.15) is 6.92 Å². The average molecular weight is 215 g/mol. The number of rotatable bonds is 2. The molecule has 0 aliphatic carbocycles. The molecule has 6 nitrogen and oxygen atoms in total. The van der Waals surface area contributed by atoms with E-state index in [4.69, 9.17) is 10.8 Å². The maximum atomic E-state index is 10.7. The highest BCUT2D eigenvalue weighted by Crippen LogP contribution is 2.23. The van der Waals surface area contributed by atoms with Crippen molar-refractivity contribution >= 4 is 23.8 Å². The zero-order valence-electron chi connectivity index (χ0n) is 7.35. The van der Waals surface area contributed by atoms with Gasteiger partial charge in [-0.05, 0) is 12.3 Å². The number of carbonyl (C=O) groups excluding carboxylic acids is 1. The first-order valence-electron chi connectivity index (χ1n) is 3.64. The molecule has 0 saturated heterocycles. The molecule has 0 bridgehead atoms. The van der Waals surface area contributed by atoms with Crippen molar-refractivity contribution in [2.45, 2.75) is 6.92 Å². The molecule has 0 aromatic rings.